The lowest BCUT2D eigenvalue weighted by Crippen LogP contribution is -2.33. The molecule has 5 heteroatoms. The second-order valence-electron chi connectivity index (χ2n) is 4.71. The summed E-state index contributed by atoms with van der Waals surface area (Å²) < 4.78 is 27.2. The molecular weight excluding hydrogens is 302 g/mol. The van der Waals surface area contributed by atoms with E-state index in [2.05, 4.69) is 20.7 Å². The van der Waals surface area contributed by atoms with Crippen molar-refractivity contribution in [1.29, 1.82) is 0 Å². The highest BCUT2D eigenvalue weighted by atomic mass is 79.9. The summed E-state index contributed by atoms with van der Waals surface area (Å²) in [6, 6.07) is 8.13. The van der Waals surface area contributed by atoms with Gasteiger partial charge in [-0.3, -0.25) is 0 Å². The minimum Gasteiger partial charge on any atom is -0.212 e. The van der Waals surface area contributed by atoms with Crippen LogP contribution < -0.4 is 4.72 Å². The summed E-state index contributed by atoms with van der Waals surface area (Å²) in [6.07, 6.45) is 0.896. The molecule has 1 aromatic rings. The third-order valence-electron chi connectivity index (χ3n) is 3.02. The minimum atomic E-state index is -3.14. The van der Waals surface area contributed by atoms with Gasteiger partial charge in [0.15, 0.2) is 0 Å². The van der Waals surface area contributed by atoms with E-state index >= 15 is 0 Å². The normalized spacial score (nSPS) is 24.0. The molecular formula is C12H16BrNO2S. The van der Waals surface area contributed by atoms with Crippen LogP contribution in [0.3, 0.4) is 0 Å². The zero-order valence-corrected chi connectivity index (χ0v) is 12.3. The molecule has 0 heterocycles. The summed E-state index contributed by atoms with van der Waals surface area (Å²) in [6.45, 7) is 3.39. The standard InChI is InChI=1S/C12H16BrNO2S/c1-8(2)17(15,16)14-12-7-11(12)9-3-5-10(13)6-4-9/h3-6,8,11-12,14H,7H2,1-2H3/t11-,12+/m0/s1. The Hall–Kier alpha value is -0.390. The van der Waals surface area contributed by atoms with Crippen molar-refractivity contribution < 1.29 is 8.42 Å². The van der Waals surface area contributed by atoms with Crippen LogP contribution in [0.5, 0.6) is 0 Å². The van der Waals surface area contributed by atoms with Crippen LogP contribution in [0, 0.1) is 0 Å². The summed E-state index contributed by atoms with van der Waals surface area (Å²) in [5.74, 6) is 0.330. The lowest BCUT2D eigenvalue weighted by Gasteiger charge is -2.09. The van der Waals surface area contributed by atoms with Crippen LogP contribution in [0.15, 0.2) is 28.7 Å². The Balaban J connectivity index is 2.00. The van der Waals surface area contributed by atoms with Crippen LogP contribution in [0.25, 0.3) is 0 Å². The fraction of sp³-hybridized carbons (Fsp3) is 0.500. The number of hydrogen-bond donors (Lipinski definition) is 1. The SMILES string of the molecule is CC(C)S(=O)(=O)N[C@@H]1C[C@H]1c1ccc(Br)cc1. The number of nitrogens with one attached hydrogen (secondary N) is 1. The molecule has 1 aliphatic carbocycles. The Morgan fingerprint density at radius 3 is 2.41 bits per heavy atom. The first-order chi connectivity index (χ1) is 7.90. The maximum absolute atomic E-state index is 11.7. The van der Waals surface area contributed by atoms with Gasteiger partial charge in [-0.2, -0.15) is 0 Å². The van der Waals surface area contributed by atoms with Crippen LogP contribution in [-0.4, -0.2) is 19.7 Å². The van der Waals surface area contributed by atoms with Gasteiger partial charge in [0.25, 0.3) is 0 Å². The molecule has 2 atom stereocenters. The summed E-state index contributed by atoms with van der Waals surface area (Å²) in [5.41, 5.74) is 1.20. The van der Waals surface area contributed by atoms with E-state index in [-0.39, 0.29) is 11.3 Å². The molecule has 0 radical (unpaired) electrons. The van der Waals surface area contributed by atoms with Crippen molar-refractivity contribution in [2.75, 3.05) is 0 Å². The van der Waals surface area contributed by atoms with Crippen molar-refractivity contribution in [2.24, 2.45) is 0 Å². The lowest BCUT2D eigenvalue weighted by molar-refractivity contribution is 0.571. The summed E-state index contributed by atoms with van der Waals surface area (Å²) in [7, 11) is -3.14. The van der Waals surface area contributed by atoms with Gasteiger partial charge in [0, 0.05) is 16.4 Å². The van der Waals surface area contributed by atoms with Crippen LogP contribution in [-0.2, 0) is 10.0 Å². The molecule has 0 unspecified atom stereocenters. The molecule has 0 spiro atoms. The van der Waals surface area contributed by atoms with Gasteiger partial charge in [0.05, 0.1) is 5.25 Å². The number of halogens is 1. The third-order valence-corrected chi connectivity index (χ3v) is 5.43. The van der Waals surface area contributed by atoms with Crippen molar-refractivity contribution in [2.45, 2.75) is 37.5 Å². The minimum absolute atomic E-state index is 0.0728. The van der Waals surface area contributed by atoms with Gasteiger partial charge in [0.1, 0.15) is 0 Å². The van der Waals surface area contributed by atoms with E-state index in [0.29, 0.717) is 5.92 Å². The quantitative estimate of drug-likeness (QED) is 0.928. The largest absolute Gasteiger partial charge is 0.214 e. The first-order valence-corrected chi connectivity index (χ1v) is 8.00. The van der Waals surface area contributed by atoms with Gasteiger partial charge in [-0.1, -0.05) is 28.1 Å². The van der Waals surface area contributed by atoms with Gasteiger partial charge in [-0.25, -0.2) is 13.1 Å². The molecule has 1 aromatic carbocycles. The van der Waals surface area contributed by atoms with Gasteiger partial charge < -0.3 is 0 Å². The highest BCUT2D eigenvalue weighted by Gasteiger charge is 2.41. The van der Waals surface area contributed by atoms with Crippen LogP contribution in [0.4, 0.5) is 0 Å². The highest BCUT2D eigenvalue weighted by Crippen LogP contribution is 2.41. The van der Waals surface area contributed by atoms with Crippen molar-refractivity contribution >= 4 is 26.0 Å². The molecule has 3 nitrogen and oxygen atoms in total. The van der Waals surface area contributed by atoms with Gasteiger partial charge >= 0.3 is 0 Å². The van der Waals surface area contributed by atoms with E-state index in [0.717, 1.165) is 10.9 Å². The van der Waals surface area contributed by atoms with E-state index < -0.39 is 10.0 Å². The predicted molar refractivity (Wildman–Crippen MR) is 72.5 cm³/mol. The summed E-state index contributed by atoms with van der Waals surface area (Å²) >= 11 is 3.39. The molecule has 0 saturated heterocycles. The topological polar surface area (TPSA) is 46.2 Å². The average molecular weight is 318 g/mol. The Labute approximate surface area is 111 Å². The smallest absolute Gasteiger partial charge is 0.212 e. The van der Waals surface area contributed by atoms with Crippen LogP contribution in [0.1, 0.15) is 31.7 Å². The fourth-order valence-electron chi connectivity index (χ4n) is 1.75. The van der Waals surface area contributed by atoms with E-state index in [1.54, 1.807) is 13.8 Å². The maximum atomic E-state index is 11.7. The molecule has 1 fully saturated rings. The molecule has 0 aliphatic heterocycles. The summed E-state index contributed by atoms with van der Waals surface area (Å²) in [5, 5.41) is -0.367. The number of sulfonamides is 1. The van der Waals surface area contributed by atoms with Crippen LogP contribution in [0.2, 0.25) is 0 Å². The van der Waals surface area contributed by atoms with E-state index in [9.17, 15) is 8.42 Å². The average Bonchev–Trinajstić information content (AvgIpc) is 2.97. The van der Waals surface area contributed by atoms with Crippen molar-refractivity contribution in [3.63, 3.8) is 0 Å². The van der Waals surface area contributed by atoms with Crippen LogP contribution >= 0.6 is 15.9 Å². The van der Waals surface area contributed by atoms with E-state index in [1.807, 2.05) is 24.3 Å². The highest BCUT2D eigenvalue weighted by molar-refractivity contribution is 9.10. The predicted octanol–water partition coefficient (Wildman–Crippen LogP) is 2.63. The Bertz CT molecular complexity index is 496. The molecule has 94 valence electrons. The fourth-order valence-corrected chi connectivity index (χ4v) is 2.97. The monoisotopic (exact) mass is 317 g/mol. The second-order valence-corrected chi connectivity index (χ2v) is 7.90. The Morgan fingerprint density at radius 1 is 1.29 bits per heavy atom. The zero-order valence-electron chi connectivity index (χ0n) is 9.85. The molecule has 17 heavy (non-hydrogen) atoms. The lowest BCUT2D eigenvalue weighted by atomic mass is 10.1. The van der Waals surface area contributed by atoms with Gasteiger partial charge in [0.2, 0.25) is 10.0 Å². The summed E-state index contributed by atoms with van der Waals surface area (Å²) in [4.78, 5) is 0. The van der Waals surface area contributed by atoms with Crippen molar-refractivity contribution in [1.82, 2.24) is 4.72 Å². The Morgan fingerprint density at radius 2 is 1.88 bits per heavy atom. The zero-order chi connectivity index (χ0) is 12.6. The van der Waals surface area contributed by atoms with Crippen molar-refractivity contribution in [3.8, 4) is 0 Å². The molecule has 0 amide bonds. The van der Waals surface area contributed by atoms with Gasteiger partial charge in [-0.15, -0.1) is 0 Å². The number of benzene rings is 1. The first kappa shape index (κ1) is 13.1. The third kappa shape index (κ3) is 3.09. The van der Waals surface area contributed by atoms with Gasteiger partial charge in [-0.05, 0) is 38.0 Å². The van der Waals surface area contributed by atoms with Crippen molar-refractivity contribution in [3.05, 3.63) is 34.3 Å². The molecule has 0 bridgehead atoms. The first-order valence-electron chi connectivity index (χ1n) is 5.67. The molecule has 1 aliphatic rings. The molecule has 2 rings (SSSR count). The molecule has 1 N–H and O–H groups in total. The second kappa shape index (κ2) is 4.71. The van der Waals surface area contributed by atoms with E-state index in [4.69, 9.17) is 0 Å². The molecule has 0 aromatic heterocycles. The maximum Gasteiger partial charge on any atom is 0.214 e. The number of rotatable bonds is 4. The Kier molecular flexibility index (Phi) is 3.61. The number of hydrogen-bond acceptors (Lipinski definition) is 2. The van der Waals surface area contributed by atoms with E-state index in [1.165, 1.54) is 5.56 Å². The molecule has 1 saturated carbocycles.